The third kappa shape index (κ3) is 5.19. The maximum absolute atomic E-state index is 12.6. The molecule has 1 aliphatic rings. The van der Waals surface area contributed by atoms with Crippen LogP contribution in [0.5, 0.6) is 23.0 Å². The minimum absolute atomic E-state index is 0.105. The SMILES string of the molecule is COc1cc(C=NNC(=O)[C@H]2COc3cc4ccccc4cc3O2)ccc1OCc1ccccc1. The normalized spacial score (nSPS) is 14.6. The molecule has 4 aromatic carbocycles. The summed E-state index contributed by atoms with van der Waals surface area (Å²) >= 11 is 0. The average molecular weight is 469 g/mol. The molecular formula is C28H24N2O5. The Bertz CT molecular complexity index is 1370. The van der Waals surface area contributed by atoms with E-state index >= 15 is 0 Å². The zero-order valence-corrected chi connectivity index (χ0v) is 19.1. The standard InChI is InChI=1S/C28H24N2O5/c1-32-24-13-20(11-12-23(24)33-17-19-7-3-2-4-8-19)16-29-30-28(31)27-18-34-25-14-21-9-5-6-10-22(21)15-26(25)35-27/h2-16,27H,17-18H2,1H3,(H,30,31)/t27-/m1/s1. The lowest BCUT2D eigenvalue weighted by Gasteiger charge is -2.25. The lowest BCUT2D eigenvalue weighted by Crippen LogP contribution is -2.42. The molecule has 0 aromatic heterocycles. The number of nitrogens with zero attached hydrogens (tertiary/aromatic N) is 1. The fourth-order valence-corrected chi connectivity index (χ4v) is 3.75. The molecule has 35 heavy (non-hydrogen) atoms. The second-order valence-corrected chi connectivity index (χ2v) is 7.98. The molecule has 0 spiro atoms. The minimum atomic E-state index is -0.802. The van der Waals surface area contributed by atoms with E-state index in [1.54, 1.807) is 13.2 Å². The summed E-state index contributed by atoms with van der Waals surface area (Å²) in [5.41, 5.74) is 4.33. The average Bonchev–Trinajstić information content (AvgIpc) is 2.91. The quantitative estimate of drug-likeness (QED) is 0.314. The van der Waals surface area contributed by atoms with E-state index in [2.05, 4.69) is 10.5 Å². The molecule has 1 N–H and O–H groups in total. The van der Waals surface area contributed by atoms with E-state index < -0.39 is 12.0 Å². The molecule has 176 valence electrons. The van der Waals surface area contributed by atoms with E-state index in [9.17, 15) is 4.79 Å². The third-order valence-electron chi connectivity index (χ3n) is 5.58. The van der Waals surface area contributed by atoms with Crippen LogP contribution in [-0.4, -0.2) is 31.9 Å². The Balaban J connectivity index is 1.19. The maximum Gasteiger partial charge on any atom is 0.284 e. The van der Waals surface area contributed by atoms with Crippen molar-refractivity contribution in [2.45, 2.75) is 12.7 Å². The third-order valence-corrected chi connectivity index (χ3v) is 5.58. The Kier molecular flexibility index (Phi) is 6.48. The number of methoxy groups -OCH3 is 1. The molecular weight excluding hydrogens is 444 g/mol. The molecule has 7 nitrogen and oxygen atoms in total. The van der Waals surface area contributed by atoms with E-state index in [0.29, 0.717) is 29.6 Å². The largest absolute Gasteiger partial charge is 0.493 e. The first kappa shape index (κ1) is 22.3. The van der Waals surface area contributed by atoms with Gasteiger partial charge in [-0.25, -0.2) is 5.43 Å². The number of benzene rings is 4. The maximum atomic E-state index is 12.6. The molecule has 1 atom stereocenters. The summed E-state index contributed by atoms with van der Waals surface area (Å²) in [6.45, 7) is 0.539. The molecule has 0 saturated carbocycles. The van der Waals surface area contributed by atoms with E-state index in [4.69, 9.17) is 18.9 Å². The van der Waals surface area contributed by atoms with Crippen molar-refractivity contribution in [2.24, 2.45) is 5.10 Å². The molecule has 0 bridgehead atoms. The van der Waals surface area contributed by atoms with Gasteiger partial charge in [0.2, 0.25) is 6.10 Å². The number of carbonyl (C=O) groups is 1. The highest BCUT2D eigenvalue weighted by Crippen LogP contribution is 2.36. The highest BCUT2D eigenvalue weighted by atomic mass is 16.6. The van der Waals surface area contributed by atoms with Crippen LogP contribution in [-0.2, 0) is 11.4 Å². The molecule has 1 amide bonds. The fourth-order valence-electron chi connectivity index (χ4n) is 3.75. The van der Waals surface area contributed by atoms with Crippen molar-refractivity contribution in [1.29, 1.82) is 0 Å². The molecule has 0 saturated heterocycles. The second-order valence-electron chi connectivity index (χ2n) is 7.98. The number of hydrogen-bond acceptors (Lipinski definition) is 6. The number of ether oxygens (including phenoxy) is 4. The predicted octanol–water partition coefficient (Wildman–Crippen LogP) is 4.72. The van der Waals surface area contributed by atoms with Crippen LogP contribution in [0, 0.1) is 0 Å². The highest BCUT2D eigenvalue weighted by Gasteiger charge is 2.27. The summed E-state index contributed by atoms with van der Waals surface area (Å²) in [7, 11) is 1.58. The van der Waals surface area contributed by atoms with Gasteiger partial charge in [0.15, 0.2) is 23.0 Å². The van der Waals surface area contributed by atoms with Gasteiger partial charge >= 0.3 is 0 Å². The Labute approximate surface area is 202 Å². The van der Waals surface area contributed by atoms with E-state index in [1.165, 1.54) is 6.21 Å². The van der Waals surface area contributed by atoms with Crippen molar-refractivity contribution in [2.75, 3.05) is 13.7 Å². The first-order valence-corrected chi connectivity index (χ1v) is 11.2. The summed E-state index contributed by atoms with van der Waals surface area (Å²) in [6, 6.07) is 27.0. The van der Waals surface area contributed by atoms with Crippen LogP contribution in [0.4, 0.5) is 0 Å². The Hall–Kier alpha value is -4.52. The topological polar surface area (TPSA) is 78.4 Å². The Morgan fingerprint density at radius 2 is 1.71 bits per heavy atom. The van der Waals surface area contributed by atoms with Crippen LogP contribution in [0.3, 0.4) is 0 Å². The molecule has 1 heterocycles. The number of carbonyl (C=O) groups excluding carboxylic acids is 1. The number of amides is 1. The first-order valence-electron chi connectivity index (χ1n) is 11.2. The molecule has 1 aliphatic heterocycles. The van der Waals surface area contributed by atoms with Crippen LogP contribution in [0.25, 0.3) is 10.8 Å². The predicted molar refractivity (Wildman–Crippen MR) is 133 cm³/mol. The molecule has 7 heteroatoms. The summed E-state index contributed by atoms with van der Waals surface area (Å²) in [5, 5.41) is 6.13. The fraction of sp³-hybridized carbons (Fsp3) is 0.143. The summed E-state index contributed by atoms with van der Waals surface area (Å²) in [6.07, 6.45) is 0.733. The number of rotatable bonds is 7. The molecule has 5 rings (SSSR count). The molecule has 0 fully saturated rings. The van der Waals surface area contributed by atoms with Gasteiger partial charge < -0.3 is 18.9 Å². The zero-order chi connectivity index (χ0) is 24.0. The smallest absolute Gasteiger partial charge is 0.284 e. The Morgan fingerprint density at radius 3 is 2.49 bits per heavy atom. The van der Waals surface area contributed by atoms with Crippen molar-refractivity contribution < 1.29 is 23.7 Å². The van der Waals surface area contributed by atoms with Crippen molar-refractivity contribution in [3.05, 3.63) is 96.1 Å². The second kappa shape index (κ2) is 10.2. The van der Waals surface area contributed by atoms with Crippen molar-refractivity contribution in [3.63, 3.8) is 0 Å². The molecule has 0 radical (unpaired) electrons. The number of fused-ring (bicyclic) bond motifs is 2. The van der Waals surface area contributed by atoms with Crippen molar-refractivity contribution in [3.8, 4) is 23.0 Å². The van der Waals surface area contributed by atoms with Gasteiger partial charge in [0.25, 0.3) is 5.91 Å². The van der Waals surface area contributed by atoms with Crippen LogP contribution in [0.1, 0.15) is 11.1 Å². The monoisotopic (exact) mass is 468 g/mol. The number of nitrogens with one attached hydrogen (secondary N) is 1. The van der Waals surface area contributed by atoms with Crippen LogP contribution < -0.4 is 24.4 Å². The Morgan fingerprint density at radius 1 is 0.971 bits per heavy atom. The van der Waals surface area contributed by atoms with Gasteiger partial charge in [-0.15, -0.1) is 0 Å². The summed E-state index contributed by atoms with van der Waals surface area (Å²) < 4.78 is 23.0. The highest BCUT2D eigenvalue weighted by molar-refractivity contribution is 5.88. The van der Waals surface area contributed by atoms with Crippen LogP contribution in [0.15, 0.2) is 90.0 Å². The van der Waals surface area contributed by atoms with Gasteiger partial charge in [0.1, 0.15) is 13.2 Å². The van der Waals surface area contributed by atoms with Crippen LogP contribution >= 0.6 is 0 Å². The lowest BCUT2D eigenvalue weighted by molar-refractivity contribution is -0.130. The lowest BCUT2D eigenvalue weighted by atomic mass is 10.1. The number of hydrazone groups is 1. The van der Waals surface area contributed by atoms with Crippen molar-refractivity contribution in [1.82, 2.24) is 5.43 Å². The molecule has 0 unspecified atom stereocenters. The summed E-state index contributed by atoms with van der Waals surface area (Å²) in [5.74, 6) is 1.96. The molecule has 0 aliphatic carbocycles. The summed E-state index contributed by atoms with van der Waals surface area (Å²) in [4.78, 5) is 12.6. The van der Waals surface area contributed by atoms with Gasteiger partial charge in [-0.2, -0.15) is 5.10 Å². The number of hydrogen-bond donors (Lipinski definition) is 1. The van der Waals surface area contributed by atoms with Gasteiger partial charge in [0, 0.05) is 0 Å². The van der Waals surface area contributed by atoms with Gasteiger partial charge in [-0.1, -0.05) is 54.6 Å². The van der Waals surface area contributed by atoms with E-state index in [-0.39, 0.29) is 6.61 Å². The van der Waals surface area contributed by atoms with Gasteiger partial charge in [0.05, 0.1) is 13.3 Å². The van der Waals surface area contributed by atoms with Crippen LogP contribution in [0.2, 0.25) is 0 Å². The van der Waals surface area contributed by atoms with Crippen molar-refractivity contribution >= 4 is 22.9 Å². The zero-order valence-electron chi connectivity index (χ0n) is 19.1. The van der Waals surface area contributed by atoms with Gasteiger partial charge in [-0.05, 0) is 52.2 Å². The minimum Gasteiger partial charge on any atom is -0.493 e. The molecule has 4 aromatic rings. The van der Waals surface area contributed by atoms with E-state index in [0.717, 1.165) is 21.9 Å². The first-order chi connectivity index (χ1) is 17.2. The van der Waals surface area contributed by atoms with E-state index in [1.807, 2.05) is 78.9 Å². The van der Waals surface area contributed by atoms with Gasteiger partial charge in [-0.3, -0.25) is 4.79 Å².